The van der Waals surface area contributed by atoms with Crippen molar-refractivity contribution in [3.8, 4) is 11.5 Å². The summed E-state index contributed by atoms with van der Waals surface area (Å²) in [6.45, 7) is 5.77. The van der Waals surface area contributed by atoms with Gasteiger partial charge in [0.1, 0.15) is 11.5 Å². The lowest BCUT2D eigenvalue weighted by molar-refractivity contribution is -0.143. The second-order valence-corrected chi connectivity index (χ2v) is 5.31. The smallest absolute Gasteiger partial charge is 0.263 e. The predicted octanol–water partition coefficient (Wildman–Crippen LogP) is 1.24. The summed E-state index contributed by atoms with van der Waals surface area (Å²) in [6, 6.07) is 6.28. The Hall–Kier alpha value is -2.24. The molecule has 1 atom stereocenters. The molecule has 0 aromatic heterocycles. The molecule has 1 unspecified atom stereocenters. The molecular formula is C16H22N2O4. The van der Waals surface area contributed by atoms with Gasteiger partial charge in [0.15, 0.2) is 6.10 Å². The fraction of sp³-hybridized carbons (Fsp3) is 0.500. The van der Waals surface area contributed by atoms with Crippen LogP contribution in [0.15, 0.2) is 24.3 Å². The normalized spacial score (nSPS) is 16.3. The van der Waals surface area contributed by atoms with Gasteiger partial charge in [-0.1, -0.05) is 6.92 Å². The molecule has 22 heavy (non-hydrogen) atoms. The van der Waals surface area contributed by atoms with Gasteiger partial charge >= 0.3 is 0 Å². The second-order valence-electron chi connectivity index (χ2n) is 5.31. The first kappa shape index (κ1) is 16.1. The van der Waals surface area contributed by atoms with Crippen LogP contribution in [0.4, 0.5) is 0 Å². The Kier molecular flexibility index (Phi) is 5.25. The number of nitrogens with zero attached hydrogens (tertiary/aromatic N) is 2. The highest BCUT2D eigenvalue weighted by Gasteiger charge is 2.27. The zero-order valence-corrected chi connectivity index (χ0v) is 13.0. The summed E-state index contributed by atoms with van der Waals surface area (Å²) in [5.41, 5.74) is 0. The van der Waals surface area contributed by atoms with E-state index in [9.17, 15) is 14.7 Å². The van der Waals surface area contributed by atoms with Crippen LogP contribution in [0.1, 0.15) is 20.3 Å². The lowest BCUT2D eigenvalue weighted by atomic mass is 10.2. The number of carbonyl (C=O) groups excluding carboxylic acids is 2. The van der Waals surface area contributed by atoms with Gasteiger partial charge in [0, 0.05) is 32.6 Å². The summed E-state index contributed by atoms with van der Waals surface area (Å²) in [5.74, 6) is 0.735. The zero-order chi connectivity index (χ0) is 16.1. The van der Waals surface area contributed by atoms with E-state index >= 15 is 0 Å². The number of benzene rings is 1. The van der Waals surface area contributed by atoms with Crippen LogP contribution in [0.2, 0.25) is 0 Å². The highest BCUT2D eigenvalue weighted by molar-refractivity contribution is 5.81. The Bertz CT molecular complexity index is 521. The van der Waals surface area contributed by atoms with Crippen molar-refractivity contribution in [2.75, 3.05) is 26.2 Å². The molecule has 6 heteroatoms. The Balaban J connectivity index is 1.86. The maximum Gasteiger partial charge on any atom is 0.263 e. The fourth-order valence-corrected chi connectivity index (χ4v) is 2.44. The highest BCUT2D eigenvalue weighted by atomic mass is 16.5. The molecule has 0 bridgehead atoms. The highest BCUT2D eigenvalue weighted by Crippen LogP contribution is 2.18. The number of ether oxygens (including phenoxy) is 1. The zero-order valence-electron chi connectivity index (χ0n) is 13.0. The van der Waals surface area contributed by atoms with E-state index < -0.39 is 6.10 Å². The number of hydrogen-bond acceptors (Lipinski definition) is 4. The first-order chi connectivity index (χ1) is 10.5. The molecule has 1 fully saturated rings. The summed E-state index contributed by atoms with van der Waals surface area (Å²) in [7, 11) is 0. The van der Waals surface area contributed by atoms with Gasteiger partial charge in [-0.05, 0) is 31.2 Å². The largest absolute Gasteiger partial charge is 0.508 e. The van der Waals surface area contributed by atoms with Crippen LogP contribution in [0, 0.1) is 0 Å². The van der Waals surface area contributed by atoms with Crippen LogP contribution in [-0.4, -0.2) is 59.0 Å². The van der Waals surface area contributed by atoms with Gasteiger partial charge in [-0.2, -0.15) is 0 Å². The van der Waals surface area contributed by atoms with E-state index in [-0.39, 0.29) is 17.6 Å². The van der Waals surface area contributed by atoms with E-state index in [4.69, 9.17) is 4.74 Å². The molecule has 1 aliphatic rings. The van der Waals surface area contributed by atoms with Crippen LogP contribution in [0.3, 0.4) is 0 Å². The number of amides is 2. The molecule has 1 heterocycles. The van der Waals surface area contributed by atoms with Gasteiger partial charge in [0.25, 0.3) is 5.91 Å². The number of phenolic OH excluding ortho intramolecular Hbond substituents is 1. The topological polar surface area (TPSA) is 70.1 Å². The molecule has 6 nitrogen and oxygen atoms in total. The van der Waals surface area contributed by atoms with Crippen molar-refractivity contribution in [3.05, 3.63) is 24.3 Å². The SMILES string of the molecule is CCC(=O)N1CCN(C(=O)C(C)Oc2ccc(O)cc2)CC1. The number of piperazine rings is 1. The summed E-state index contributed by atoms with van der Waals surface area (Å²) in [5, 5.41) is 9.23. The van der Waals surface area contributed by atoms with Crippen molar-refractivity contribution < 1.29 is 19.4 Å². The fourth-order valence-electron chi connectivity index (χ4n) is 2.44. The van der Waals surface area contributed by atoms with Crippen LogP contribution < -0.4 is 4.74 Å². The van der Waals surface area contributed by atoms with E-state index in [1.165, 1.54) is 12.1 Å². The second kappa shape index (κ2) is 7.15. The molecule has 0 aliphatic carbocycles. The molecule has 2 rings (SSSR count). The van der Waals surface area contributed by atoms with Crippen molar-refractivity contribution in [3.63, 3.8) is 0 Å². The van der Waals surface area contributed by atoms with E-state index in [1.54, 1.807) is 28.9 Å². The van der Waals surface area contributed by atoms with E-state index in [2.05, 4.69) is 0 Å². The summed E-state index contributed by atoms with van der Waals surface area (Å²) in [4.78, 5) is 27.5. The molecular weight excluding hydrogens is 284 g/mol. The number of rotatable bonds is 4. The van der Waals surface area contributed by atoms with Crippen molar-refractivity contribution in [1.82, 2.24) is 9.80 Å². The van der Waals surface area contributed by atoms with Gasteiger partial charge in [0.05, 0.1) is 0 Å². The molecule has 2 amide bonds. The van der Waals surface area contributed by atoms with Crippen LogP contribution in [-0.2, 0) is 9.59 Å². The van der Waals surface area contributed by atoms with Gasteiger partial charge < -0.3 is 19.6 Å². The molecule has 1 N–H and O–H groups in total. The predicted molar refractivity (Wildman–Crippen MR) is 81.6 cm³/mol. The molecule has 1 saturated heterocycles. The first-order valence-electron chi connectivity index (χ1n) is 7.53. The summed E-state index contributed by atoms with van der Waals surface area (Å²) < 4.78 is 5.60. The van der Waals surface area contributed by atoms with Crippen molar-refractivity contribution in [1.29, 1.82) is 0 Å². The van der Waals surface area contributed by atoms with Gasteiger partial charge in [0.2, 0.25) is 5.91 Å². The Labute approximate surface area is 130 Å². The molecule has 0 spiro atoms. The lowest BCUT2D eigenvalue weighted by Crippen LogP contribution is -2.53. The maximum absolute atomic E-state index is 12.4. The van der Waals surface area contributed by atoms with E-state index in [0.29, 0.717) is 38.3 Å². The number of carbonyl (C=O) groups is 2. The Morgan fingerprint density at radius 3 is 2.23 bits per heavy atom. The standard InChI is InChI=1S/C16H22N2O4/c1-3-15(20)17-8-10-18(11-9-17)16(21)12(2)22-14-6-4-13(19)5-7-14/h4-7,12,19H,3,8-11H2,1-2H3. The monoisotopic (exact) mass is 306 g/mol. The molecule has 120 valence electrons. The van der Waals surface area contributed by atoms with Crippen molar-refractivity contribution >= 4 is 11.8 Å². The number of aromatic hydroxyl groups is 1. The Morgan fingerprint density at radius 2 is 1.68 bits per heavy atom. The minimum atomic E-state index is -0.599. The average Bonchev–Trinajstić information content (AvgIpc) is 2.55. The molecule has 0 radical (unpaired) electrons. The van der Waals surface area contributed by atoms with Crippen molar-refractivity contribution in [2.45, 2.75) is 26.4 Å². The van der Waals surface area contributed by atoms with Crippen LogP contribution >= 0.6 is 0 Å². The number of phenols is 1. The Morgan fingerprint density at radius 1 is 1.14 bits per heavy atom. The molecule has 0 saturated carbocycles. The summed E-state index contributed by atoms with van der Waals surface area (Å²) >= 11 is 0. The molecule has 1 aromatic rings. The third kappa shape index (κ3) is 3.90. The van der Waals surface area contributed by atoms with Gasteiger partial charge in [-0.25, -0.2) is 0 Å². The minimum absolute atomic E-state index is 0.0864. The minimum Gasteiger partial charge on any atom is -0.508 e. The van der Waals surface area contributed by atoms with E-state index in [0.717, 1.165) is 0 Å². The van der Waals surface area contributed by atoms with Crippen molar-refractivity contribution in [2.24, 2.45) is 0 Å². The molecule has 1 aliphatic heterocycles. The third-order valence-electron chi connectivity index (χ3n) is 3.74. The van der Waals surface area contributed by atoms with Gasteiger partial charge in [-0.3, -0.25) is 9.59 Å². The first-order valence-corrected chi connectivity index (χ1v) is 7.53. The number of hydrogen-bond donors (Lipinski definition) is 1. The quantitative estimate of drug-likeness (QED) is 0.908. The lowest BCUT2D eigenvalue weighted by Gasteiger charge is -2.35. The van der Waals surface area contributed by atoms with E-state index in [1.807, 2.05) is 6.92 Å². The third-order valence-corrected chi connectivity index (χ3v) is 3.74. The van der Waals surface area contributed by atoms with Crippen LogP contribution in [0.5, 0.6) is 11.5 Å². The van der Waals surface area contributed by atoms with Crippen LogP contribution in [0.25, 0.3) is 0 Å². The summed E-state index contributed by atoms with van der Waals surface area (Å²) in [6.07, 6.45) is -0.105. The molecule has 1 aromatic carbocycles. The maximum atomic E-state index is 12.4. The van der Waals surface area contributed by atoms with Gasteiger partial charge in [-0.15, -0.1) is 0 Å². The average molecular weight is 306 g/mol.